The molecule has 2 N–H and O–H groups in total. The lowest BCUT2D eigenvalue weighted by Gasteiger charge is -2.42. The summed E-state index contributed by atoms with van der Waals surface area (Å²) in [6, 6.07) is 5.83. The van der Waals surface area contributed by atoms with Gasteiger partial charge in [-0.2, -0.15) is 0 Å². The van der Waals surface area contributed by atoms with Gasteiger partial charge in [0.25, 0.3) is 0 Å². The number of benzene rings is 1. The maximum Gasteiger partial charge on any atom is 0.231 e. The van der Waals surface area contributed by atoms with Gasteiger partial charge in [-0.05, 0) is 29.5 Å². The van der Waals surface area contributed by atoms with Crippen molar-refractivity contribution in [1.29, 1.82) is 0 Å². The number of hydrogen-bond acceptors (Lipinski definition) is 4. The largest absolute Gasteiger partial charge is 0.454 e. The molecule has 1 aromatic rings. The van der Waals surface area contributed by atoms with Crippen molar-refractivity contribution in [3.05, 3.63) is 23.8 Å². The normalized spacial score (nSPS) is 22.1. The van der Waals surface area contributed by atoms with Gasteiger partial charge in [0, 0.05) is 19.1 Å². The minimum atomic E-state index is -0.0250. The Kier molecular flexibility index (Phi) is 4.87. The van der Waals surface area contributed by atoms with Crippen LogP contribution in [-0.2, 0) is 11.2 Å². The van der Waals surface area contributed by atoms with Crippen molar-refractivity contribution < 1.29 is 14.3 Å². The second-order valence-corrected chi connectivity index (χ2v) is 6.56. The number of likely N-dealkylation sites (tertiary alicyclic amines) is 1. The number of nitrogens with zero attached hydrogens (tertiary/aromatic N) is 1. The average molecular weight is 327 g/mol. The van der Waals surface area contributed by atoms with Gasteiger partial charge in [-0.25, -0.2) is 0 Å². The van der Waals surface area contributed by atoms with Crippen LogP contribution in [0.25, 0.3) is 0 Å². The summed E-state index contributed by atoms with van der Waals surface area (Å²) in [5.74, 6) is 1.62. The highest BCUT2D eigenvalue weighted by Crippen LogP contribution is 2.33. The summed E-state index contributed by atoms with van der Waals surface area (Å²) in [4.78, 5) is 14.4. The Morgan fingerprint density at radius 1 is 1.36 bits per heavy atom. The number of piperidine rings is 1. The van der Waals surface area contributed by atoms with E-state index < -0.39 is 0 Å². The van der Waals surface area contributed by atoms with Crippen LogP contribution >= 0.6 is 12.4 Å². The SMILES string of the molecule is CC1(C)CN(C(=O)Cc2ccc3c(c2)OCO3)CCC1N.Cl. The number of hydrogen-bond donors (Lipinski definition) is 1. The molecule has 2 aliphatic heterocycles. The monoisotopic (exact) mass is 326 g/mol. The molecule has 0 aromatic heterocycles. The molecule has 0 radical (unpaired) electrons. The molecule has 6 heteroatoms. The van der Waals surface area contributed by atoms with E-state index in [9.17, 15) is 4.79 Å². The summed E-state index contributed by atoms with van der Waals surface area (Å²) >= 11 is 0. The van der Waals surface area contributed by atoms with E-state index in [0.717, 1.165) is 36.6 Å². The summed E-state index contributed by atoms with van der Waals surface area (Å²) in [6.07, 6.45) is 1.25. The molecule has 122 valence electrons. The lowest BCUT2D eigenvalue weighted by atomic mass is 9.79. The van der Waals surface area contributed by atoms with Crippen molar-refractivity contribution in [2.45, 2.75) is 32.7 Å². The maximum absolute atomic E-state index is 12.5. The third kappa shape index (κ3) is 3.31. The van der Waals surface area contributed by atoms with E-state index in [1.807, 2.05) is 23.1 Å². The number of ether oxygens (including phenoxy) is 2. The topological polar surface area (TPSA) is 64.8 Å². The molecule has 0 aliphatic carbocycles. The average Bonchev–Trinajstić information content (AvgIpc) is 2.89. The second kappa shape index (κ2) is 6.34. The van der Waals surface area contributed by atoms with E-state index in [1.54, 1.807) is 0 Å². The molecule has 1 unspecified atom stereocenters. The molecule has 5 nitrogen and oxygen atoms in total. The molecule has 1 saturated heterocycles. The standard InChI is InChI=1S/C16H22N2O3.ClH/c1-16(2)9-18(6-5-14(16)17)15(19)8-11-3-4-12-13(7-11)21-10-20-12;/h3-4,7,14H,5-6,8-10,17H2,1-2H3;1H. The van der Waals surface area contributed by atoms with Crippen LogP contribution in [0.15, 0.2) is 18.2 Å². The minimum absolute atomic E-state index is 0. The van der Waals surface area contributed by atoms with Gasteiger partial charge in [-0.3, -0.25) is 4.79 Å². The van der Waals surface area contributed by atoms with Crippen LogP contribution in [-0.4, -0.2) is 36.7 Å². The van der Waals surface area contributed by atoms with Crippen LogP contribution < -0.4 is 15.2 Å². The van der Waals surface area contributed by atoms with Crippen LogP contribution in [0, 0.1) is 5.41 Å². The van der Waals surface area contributed by atoms with E-state index in [2.05, 4.69) is 13.8 Å². The highest BCUT2D eigenvalue weighted by atomic mass is 35.5. The molecular weight excluding hydrogens is 304 g/mol. The molecule has 1 aromatic carbocycles. The van der Waals surface area contributed by atoms with Crippen molar-refractivity contribution in [3.63, 3.8) is 0 Å². The number of amides is 1. The molecule has 1 amide bonds. The second-order valence-electron chi connectivity index (χ2n) is 6.56. The lowest BCUT2D eigenvalue weighted by molar-refractivity contribution is -0.133. The van der Waals surface area contributed by atoms with E-state index in [4.69, 9.17) is 15.2 Å². The van der Waals surface area contributed by atoms with Crippen LogP contribution in [0.5, 0.6) is 11.5 Å². The van der Waals surface area contributed by atoms with Gasteiger partial charge in [0.05, 0.1) is 6.42 Å². The first kappa shape index (κ1) is 16.9. The van der Waals surface area contributed by atoms with Crippen LogP contribution in [0.3, 0.4) is 0 Å². The van der Waals surface area contributed by atoms with Crippen molar-refractivity contribution in [1.82, 2.24) is 4.90 Å². The van der Waals surface area contributed by atoms with Crippen LogP contribution in [0.1, 0.15) is 25.8 Å². The third-order valence-electron chi connectivity index (χ3n) is 4.46. The smallest absolute Gasteiger partial charge is 0.231 e. The summed E-state index contributed by atoms with van der Waals surface area (Å²) in [7, 11) is 0. The summed E-state index contributed by atoms with van der Waals surface area (Å²) in [5.41, 5.74) is 7.05. The fourth-order valence-corrected chi connectivity index (χ4v) is 2.92. The van der Waals surface area contributed by atoms with Gasteiger partial charge in [-0.15, -0.1) is 12.4 Å². The highest BCUT2D eigenvalue weighted by molar-refractivity contribution is 5.85. The van der Waals surface area contributed by atoms with Gasteiger partial charge >= 0.3 is 0 Å². The summed E-state index contributed by atoms with van der Waals surface area (Å²) in [6.45, 7) is 5.96. The van der Waals surface area contributed by atoms with Gasteiger partial charge in [-0.1, -0.05) is 19.9 Å². The van der Waals surface area contributed by atoms with Crippen molar-refractivity contribution in [2.75, 3.05) is 19.9 Å². The van der Waals surface area contributed by atoms with Gasteiger partial charge < -0.3 is 20.1 Å². The Morgan fingerprint density at radius 2 is 2.09 bits per heavy atom. The summed E-state index contributed by atoms with van der Waals surface area (Å²) < 4.78 is 10.6. The zero-order valence-electron chi connectivity index (χ0n) is 13.0. The van der Waals surface area contributed by atoms with E-state index >= 15 is 0 Å². The van der Waals surface area contributed by atoms with E-state index in [1.165, 1.54) is 0 Å². The van der Waals surface area contributed by atoms with Crippen LogP contribution in [0.2, 0.25) is 0 Å². The van der Waals surface area contributed by atoms with Gasteiger partial charge in [0.15, 0.2) is 11.5 Å². The number of rotatable bonds is 2. The van der Waals surface area contributed by atoms with Crippen molar-refractivity contribution in [3.8, 4) is 11.5 Å². The summed E-state index contributed by atoms with van der Waals surface area (Å²) in [5, 5.41) is 0. The van der Waals surface area contributed by atoms with E-state index in [0.29, 0.717) is 6.42 Å². The number of fused-ring (bicyclic) bond motifs is 1. The fourth-order valence-electron chi connectivity index (χ4n) is 2.92. The quantitative estimate of drug-likeness (QED) is 0.902. The Hall–Kier alpha value is -1.46. The molecule has 1 fully saturated rings. The molecule has 3 rings (SSSR count). The predicted molar refractivity (Wildman–Crippen MR) is 86.5 cm³/mol. The molecule has 2 aliphatic rings. The third-order valence-corrected chi connectivity index (χ3v) is 4.46. The number of carbonyl (C=O) groups excluding carboxylic acids is 1. The first-order chi connectivity index (χ1) is 9.95. The molecule has 0 saturated carbocycles. The first-order valence-corrected chi connectivity index (χ1v) is 7.37. The fraction of sp³-hybridized carbons (Fsp3) is 0.562. The molecule has 0 spiro atoms. The molecule has 2 heterocycles. The zero-order valence-corrected chi connectivity index (χ0v) is 13.8. The lowest BCUT2D eigenvalue weighted by Crippen LogP contribution is -2.54. The van der Waals surface area contributed by atoms with Crippen molar-refractivity contribution >= 4 is 18.3 Å². The predicted octanol–water partition coefficient (Wildman–Crippen LogP) is 1.97. The molecule has 1 atom stereocenters. The maximum atomic E-state index is 12.5. The van der Waals surface area contributed by atoms with E-state index in [-0.39, 0.29) is 36.6 Å². The molecule has 0 bridgehead atoms. The Labute approximate surface area is 137 Å². The van der Waals surface area contributed by atoms with Gasteiger partial charge in [0.2, 0.25) is 12.7 Å². The first-order valence-electron chi connectivity index (χ1n) is 7.37. The zero-order chi connectivity index (χ0) is 15.0. The Morgan fingerprint density at radius 3 is 2.82 bits per heavy atom. The number of halogens is 1. The van der Waals surface area contributed by atoms with Crippen molar-refractivity contribution in [2.24, 2.45) is 11.1 Å². The number of carbonyl (C=O) groups is 1. The Balaban J connectivity index is 0.00000176. The Bertz CT molecular complexity index is 562. The molecular formula is C16H23ClN2O3. The van der Waals surface area contributed by atoms with Crippen LogP contribution in [0.4, 0.5) is 0 Å². The van der Waals surface area contributed by atoms with Gasteiger partial charge in [0.1, 0.15) is 0 Å². The molecule has 22 heavy (non-hydrogen) atoms. The highest BCUT2D eigenvalue weighted by Gasteiger charge is 2.35. The minimum Gasteiger partial charge on any atom is -0.454 e. The number of nitrogens with two attached hydrogens (primary N) is 1.